The average Bonchev–Trinajstić information content (AvgIpc) is 2.14. The number of hydrogen-bond donors (Lipinski definition) is 1. The molecule has 76 valence electrons. The van der Waals surface area contributed by atoms with Gasteiger partial charge in [0.05, 0.1) is 21.1 Å². The molecule has 0 unspecified atom stereocenters. The molecule has 0 bridgehead atoms. The third kappa shape index (κ3) is 2.83. The van der Waals surface area contributed by atoms with Crippen LogP contribution in [0.25, 0.3) is 0 Å². The van der Waals surface area contributed by atoms with Crippen LogP contribution in [0.4, 0.5) is 10.1 Å². The van der Waals surface area contributed by atoms with Crippen LogP contribution < -0.4 is 5.73 Å². The molecule has 0 heterocycles. The summed E-state index contributed by atoms with van der Waals surface area (Å²) in [5.74, 6) is -0.182. The molecule has 0 saturated carbocycles. The molecule has 0 aliphatic carbocycles. The Labute approximate surface area is 99.0 Å². The molecular formula is C8H6BrCl2FN2. The lowest BCUT2D eigenvalue weighted by Crippen LogP contribution is -2.12. The van der Waals surface area contributed by atoms with Crippen molar-refractivity contribution < 1.29 is 4.39 Å². The van der Waals surface area contributed by atoms with Gasteiger partial charge in [-0.05, 0) is 22.0 Å². The number of amidine groups is 1. The maximum atomic E-state index is 13.1. The molecule has 6 heteroatoms. The van der Waals surface area contributed by atoms with Gasteiger partial charge in [0.1, 0.15) is 11.7 Å². The summed E-state index contributed by atoms with van der Waals surface area (Å²) in [6.45, 7) is 0. The SMILES string of the molecule is NC(CCl)=Nc1cc(F)c(Br)c(Cl)c1. The maximum absolute atomic E-state index is 13.1. The fourth-order valence-electron chi connectivity index (χ4n) is 0.802. The van der Waals surface area contributed by atoms with Crippen molar-refractivity contribution >= 4 is 50.7 Å². The highest BCUT2D eigenvalue weighted by atomic mass is 79.9. The van der Waals surface area contributed by atoms with E-state index in [0.29, 0.717) is 5.69 Å². The van der Waals surface area contributed by atoms with E-state index in [1.807, 2.05) is 0 Å². The van der Waals surface area contributed by atoms with Gasteiger partial charge in [-0.1, -0.05) is 11.6 Å². The van der Waals surface area contributed by atoms with Crippen molar-refractivity contribution in [3.63, 3.8) is 0 Å². The van der Waals surface area contributed by atoms with E-state index in [1.54, 1.807) is 0 Å². The third-order valence-electron chi connectivity index (χ3n) is 1.38. The van der Waals surface area contributed by atoms with E-state index in [2.05, 4.69) is 20.9 Å². The van der Waals surface area contributed by atoms with Crippen molar-refractivity contribution in [1.29, 1.82) is 0 Å². The zero-order valence-electron chi connectivity index (χ0n) is 6.90. The first kappa shape index (κ1) is 11.8. The number of halogens is 4. The van der Waals surface area contributed by atoms with Gasteiger partial charge in [0, 0.05) is 6.07 Å². The summed E-state index contributed by atoms with van der Waals surface area (Å²) in [6, 6.07) is 2.71. The molecule has 0 fully saturated rings. The molecule has 0 amide bonds. The van der Waals surface area contributed by atoms with Gasteiger partial charge >= 0.3 is 0 Å². The van der Waals surface area contributed by atoms with Gasteiger partial charge in [0.25, 0.3) is 0 Å². The van der Waals surface area contributed by atoms with Gasteiger partial charge in [0.15, 0.2) is 0 Å². The molecule has 14 heavy (non-hydrogen) atoms. The van der Waals surface area contributed by atoms with Gasteiger partial charge < -0.3 is 5.73 Å². The van der Waals surface area contributed by atoms with Crippen LogP contribution in [-0.4, -0.2) is 11.7 Å². The second-order valence-corrected chi connectivity index (χ2v) is 3.93. The fourth-order valence-corrected chi connectivity index (χ4v) is 1.29. The average molecular weight is 300 g/mol. The molecule has 0 spiro atoms. The first-order valence-corrected chi connectivity index (χ1v) is 5.28. The lowest BCUT2D eigenvalue weighted by Gasteiger charge is -2.01. The summed E-state index contributed by atoms with van der Waals surface area (Å²) in [5.41, 5.74) is 5.73. The Bertz CT molecular complexity index is 359. The number of rotatable bonds is 2. The van der Waals surface area contributed by atoms with Crippen LogP contribution >= 0.6 is 39.1 Å². The summed E-state index contributed by atoms with van der Waals surface area (Å²) in [7, 11) is 0. The zero-order chi connectivity index (χ0) is 10.7. The van der Waals surface area contributed by atoms with Crippen LogP contribution in [0.15, 0.2) is 21.6 Å². The van der Waals surface area contributed by atoms with E-state index in [-0.39, 0.29) is 21.2 Å². The minimum Gasteiger partial charge on any atom is -0.386 e. The Morgan fingerprint density at radius 2 is 2.21 bits per heavy atom. The van der Waals surface area contributed by atoms with Crippen LogP contribution in [0.1, 0.15) is 0 Å². The minimum atomic E-state index is -0.487. The number of nitrogens with two attached hydrogens (primary N) is 1. The van der Waals surface area contributed by atoms with Crippen LogP contribution in [-0.2, 0) is 0 Å². The van der Waals surface area contributed by atoms with E-state index in [1.165, 1.54) is 12.1 Å². The van der Waals surface area contributed by atoms with Crippen LogP contribution in [0, 0.1) is 5.82 Å². The summed E-state index contributed by atoms with van der Waals surface area (Å²) < 4.78 is 13.3. The van der Waals surface area contributed by atoms with Crippen molar-refractivity contribution in [3.8, 4) is 0 Å². The van der Waals surface area contributed by atoms with Crippen molar-refractivity contribution in [2.75, 3.05) is 5.88 Å². The summed E-state index contributed by atoms with van der Waals surface area (Å²) in [5, 5.41) is 0.242. The molecule has 1 aromatic rings. The van der Waals surface area contributed by atoms with E-state index < -0.39 is 5.82 Å². The van der Waals surface area contributed by atoms with Crippen molar-refractivity contribution in [3.05, 3.63) is 27.4 Å². The summed E-state index contributed by atoms with van der Waals surface area (Å²) in [4.78, 5) is 3.86. The zero-order valence-corrected chi connectivity index (χ0v) is 10.00. The number of benzene rings is 1. The Hall–Kier alpha value is -0.320. The Morgan fingerprint density at radius 1 is 1.57 bits per heavy atom. The standard InChI is InChI=1S/C8H6BrCl2FN2/c9-8-5(11)1-4(2-6(8)12)14-7(13)3-10/h1-2H,3H2,(H2,13,14). The molecule has 2 nitrogen and oxygen atoms in total. The predicted molar refractivity (Wildman–Crippen MR) is 61.1 cm³/mol. The molecular weight excluding hydrogens is 294 g/mol. The van der Waals surface area contributed by atoms with Crippen molar-refractivity contribution in [1.82, 2.24) is 0 Å². The van der Waals surface area contributed by atoms with E-state index in [4.69, 9.17) is 28.9 Å². The van der Waals surface area contributed by atoms with Crippen LogP contribution in [0.5, 0.6) is 0 Å². The normalized spacial score (nSPS) is 11.9. The molecule has 0 aliphatic heterocycles. The van der Waals surface area contributed by atoms with Gasteiger partial charge in [0.2, 0.25) is 0 Å². The molecule has 2 N–H and O–H groups in total. The smallest absolute Gasteiger partial charge is 0.141 e. The lowest BCUT2D eigenvalue weighted by molar-refractivity contribution is 0.621. The Balaban J connectivity index is 3.13. The molecule has 0 aliphatic rings. The van der Waals surface area contributed by atoms with E-state index in [0.717, 1.165) is 0 Å². The monoisotopic (exact) mass is 298 g/mol. The molecule has 0 saturated heterocycles. The van der Waals surface area contributed by atoms with E-state index in [9.17, 15) is 4.39 Å². The maximum Gasteiger partial charge on any atom is 0.141 e. The second-order valence-electron chi connectivity index (χ2n) is 2.46. The Kier molecular flexibility index (Phi) is 4.16. The number of alkyl halides is 1. The topological polar surface area (TPSA) is 38.4 Å². The van der Waals surface area contributed by atoms with Gasteiger partial charge in [-0.3, -0.25) is 0 Å². The number of hydrogen-bond acceptors (Lipinski definition) is 1. The van der Waals surface area contributed by atoms with Gasteiger partial charge in [-0.25, -0.2) is 9.38 Å². The molecule has 0 atom stereocenters. The van der Waals surface area contributed by atoms with E-state index >= 15 is 0 Å². The minimum absolute atomic E-state index is 0.0926. The van der Waals surface area contributed by atoms with Crippen LogP contribution in [0.2, 0.25) is 5.02 Å². The molecule has 0 radical (unpaired) electrons. The molecule has 1 rings (SSSR count). The Morgan fingerprint density at radius 3 is 2.71 bits per heavy atom. The first-order valence-electron chi connectivity index (χ1n) is 3.58. The second kappa shape index (κ2) is 4.96. The van der Waals surface area contributed by atoms with Crippen LogP contribution in [0.3, 0.4) is 0 Å². The first-order chi connectivity index (χ1) is 6.54. The number of nitrogens with zero attached hydrogens (tertiary/aromatic N) is 1. The largest absolute Gasteiger partial charge is 0.386 e. The van der Waals surface area contributed by atoms with Crippen molar-refractivity contribution in [2.24, 2.45) is 10.7 Å². The molecule has 1 aromatic carbocycles. The highest BCUT2D eigenvalue weighted by Gasteiger charge is 2.06. The van der Waals surface area contributed by atoms with Gasteiger partial charge in [-0.2, -0.15) is 0 Å². The summed E-state index contributed by atoms with van der Waals surface area (Å²) >= 11 is 14.1. The fraction of sp³-hybridized carbons (Fsp3) is 0.125. The summed E-state index contributed by atoms with van der Waals surface area (Å²) in [6.07, 6.45) is 0. The highest BCUT2D eigenvalue weighted by molar-refractivity contribution is 9.10. The predicted octanol–water partition coefficient (Wildman–Crippen LogP) is 3.47. The van der Waals surface area contributed by atoms with Gasteiger partial charge in [-0.15, -0.1) is 11.6 Å². The quantitative estimate of drug-likeness (QED) is 0.386. The third-order valence-corrected chi connectivity index (χ3v) is 2.98. The highest BCUT2D eigenvalue weighted by Crippen LogP contribution is 2.30. The van der Waals surface area contributed by atoms with Crippen molar-refractivity contribution in [2.45, 2.75) is 0 Å². The lowest BCUT2D eigenvalue weighted by atomic mass is 10.3. The number of aliphatic imine (C=N–C) groups is 1. The molecule has 0 aromatic heterocycles.